The largest absolute Gasteiger partial charge is 0.354 e. The maximum Gasteiger partial charge on any atom is 0.183 e. The van der Waals surface area contributed by atoms with Crippen molar-refractivity contribution in [1.82, 2.24) is 29.8 Å². The van der Waals surface area contributed by atoms with Crippen LogP contribution in [0.1, 0.15) is 18.4 Å². The number of aryl methyl sites for hydroxylation is 1. The molecule has 9 nitrogen and oxygen atoms in total. The third kappa shape index (κ3) is 2.56. The molecule has 2 atom stereocenters. The van der Waals surface area contributed by atoms with E-state index in [4.69, 9.17) is 5.10 Å². The van der Waals surface area contributed by atoms with Gasteiger partial charge < -0.3 is 9.80 Å². The number of hydrogen-bond donors (Lipinski definition) is 0. The summed E-state index contributed by atoms with van der Waals surface area (Å²) in [6, 6.07) is 6.15. The van der Waals surface area contributed by atoms with Crippen LogP contribution in [0.4, 0.5) is 11.6 Å². The van der Waals surface area contributed by atoms with Crippen LogP contribution in [-0.2, 0) is 6.42 Å². The molecule has 5 rings (SSSR count). The Bertz CT molecular complexity index is 1020. The van der Waals surface area contributed by atoms with Crippen LogP contribution in [0.15, 0.2) is 24.5 Å². The van der Waals surface area contributed by atoms with Crippen molar-refractivity contribution >= 4 is 17.3 Å². The number of hydrogen-bond acceptors (Lipinski definition) is 8. The van der Waals surface area contributed by atoms with Crippen LogP contribution in [0.2, 0.25) is 0 Å². The van der Waals surface area contributed by atoms with Crippen molar-refractivity contribution in [3.63, 3.8) is 0 Å². The highest BCUT2D eigenvalue weighted by molar-refractivity contribution is 5.52. The predicted octanol–water partition coefficient (Wildman–Crippen LogP) is 0.921. The zero-order chi connectivity index (χ0) is 18.4. The first-order valence-corrected chi connectivity index (χ1v) is 9.19. The Balaban J connectivity index is 1.35. The second kappa shape index (κ2) is 6.16. The topological polar surface area (TPSA) is 99.1 Å². The first kappa shape index (κ1) is 15.9. The standard InChI is InChI=1S/C18H19N9/c1-2-15-22-23-16-3-4-17(24-27(15)16)25-8-12-10-26(11-13(12)9-25)18-14(7-19)20-5-6-21-18/h3-6,12-13H,2,8-11H2,1H3. The van der Waals surface area contributed by atoms with Gasteiger partial charge in [0.15, 0.2) is 23.0 Å². The van der Waals surface area contributed by atoms with Gasteiger partial charge in [0.05, 0.1) is 0 Å². The molecule has 0 radical (unpaired) electrons. The molecule has 0 aliphatic carbocycles. The minimum absolute atomic E-state index is 0.404. The van der Waals surface area contributed by atoms with Gasteiger partial charge in [-0.15, -0.1) is 15.3 Å². The molecule has 2 aliphatic heterocycles. The van der Waals surface area contributed by atoms with Crippen molar-refractivity contribution in [3.8, 4) is 6.07 Å². The molecule has 0 saturated carbocycles. The summed E-state index contributed by atoms with van der Waals surface area (Å²) in [7, 11) is 0. The van der Waals surface area contributed by atoms with Gasteiger partial charge in [0.25, 0.3) is 0 Å². The van der Waals surface area contributed by atoms with E-state index in [1.165, 1.54) is 0 Å². The molecule has 2 fully saturated rings. The first-order chi connectivity index (χ1) is 13.3. The molecule has 0 aromatic carbocycles. The second-order valence-electron chi connectivity index (χ2n) is 7.10. The lowest BCUT2D eigenvalue weighted by Gasteiger charge is -2.23. The van der Waals surface area contributed by atoms with Crippen LogP contribution < -0.4 is 9.80 Å². The van der Waals surface area contributed by atoms with E-state index < -0.39 is 0 Å². The van der Waals surface area contributed by atoms with Crippen LogP contribution in [0.5, 0.6) is 0 Å². The number of anilines is 2. The van der Waals surface area contributed by atoms with Gasteiger partial charge in [0, 0.05) is 56.8 Å². The molecule has 136 valence electrons. The van der Waals surface area contributed by atoms with Crippen molar-refractivity contribution in [1.29, 1.82) is 5.26 Å². The summed E-state index contributed by atoms with van der Waals surface area (Å²) in [5.74, 6) is 3.61. The fourth-order valence-corrected chi connectivity index (χ4v) is 4.21. The molecule has 0 bridgehead atoms. The monoisotopic (exact) mass is 361 g/mol. The predicted molar refractivity (Wildman–Crippen MR) is 98.3 cm³/mol. The minimum Gasteiger partial charge on any atom is -0.354 e. The van der Waals surface area contributed by atoms with Crippen molar-refractivity contribution in [2.45, 2.75) is 13.3 Å². The van der Waals surface area contributed by atoms with Gasteiger partial charge in [-0.05, 0) is 12.1 Å². The number of nitriles is 1. The maximum atomic E-state index is 9.28. The van der Waals surface area contributed by atoms with Crippen molar-refractivity contribution in [2.75, 3.05) is 36.0 Å². The van der Waals surface area contributed by atoms with Gasteiger partial charge >= 0.3 is 0 Å². The minimum atomic E-state index is 0.404. The van der Waals surface area contributed by atoms with Crippen LogP contribution in [0.3, 0.4) is 0 Å². The summed E-state index contributed by atoms with van der Waals surface area (Å²) in [6.07, 6.45) is 4.02. The summed E-state index contributed by atoms with van der Waals surface area (Å²) in [4.78, 5) is 13.1. The van der Waals surface area contributed by atoms with Gasteiger partial charge in [0.2, 0.25) is 0 Å². The Morgan fingerprint density at radius 2 is 1.78 bits per heavy atom. The lowest BCUT2D eigenvalue weighted by Crippen LogP contribution is -2.30. The SMILES string of the molecule is CCc1nnc2ccc(N3CC4CN(c5nccnc5C#N)CC4C3)nn12. The number of fused-ring (bicyclic) bond motifs is 2. The molecule has 0 spiro atoms. The van der Waals surface area contributed by atoms with E-state index in [0.717, 1.165) is 49.9 Å². The van der Waals surface area contributed by atoms with Gasteiger partial charge in [-0.3, -0.25) is 0 Å². The second-order valence-corrected chi connectivity index (χ2v) is 7.10. The highest BCUT2D eigenvalue weighted by Gasteiger charge is 2.41. The van der Waals surface area contributed by atoms with Gasteiger partial charge in [0.1, 0.15) is 11.9 Å². The Hall–Kier alpha value is -3.28. The molecule has 2 aliphatic rings. The average Bonchev–Trinajstić information content (AvgIpc) is 3.39. The third-order valence-electron chi connectivity index (χ3n) is 5.52. The highest BCUT2D eigenvalue weighted by Crippen LogP contribution is 2.35. The zero-order valence-corrected chi connectivity index (χ0v) is 15.0. The quantitative estimate of drug-likeness (QED) is 0.679. The van der Waals surface area contributed by atoms with E-state index in [9.17, 15) is 5.26 Å². The molecule has 2 unspecified atom stereocenters. The van der Waals surface area contributed by atoms with E-state index in [1.54, 1.807) is 12.4 Å². The average molecular weight is 361 g/mol. The Labute approximate surface area is 156 Å². The molecule has 27 heavy (non-hydrogen) atoms. The van der Waals surface area contributed by atoms with Gasteiger partial charge in [-0.25, -0.2) is 9.97 Å². The Morgan fingerprint density at radius 1 is 1.04 bits per heavy atom. The molecule has 0 amide bonds. The van der Waals surface area contributed by atoms with E-state index >= 15 is 0 Å². The van der Waals surface area contributed by atoms with Crippen LogP contribution in [0.25, 0.3) is 5.65 Å². The normalized spacial score (nSPS) is 21.6. The molecule has 0 N–H and O–H groups in total. The van der Waals surface area contributed by atoms with Crippen LogP contribution >= 0.6 is 0 Å². The van der Waals surface area contributed by atoms with E-state index in [0.29, 0.717) is 23.3 Å². The first-order valence-electron chi connectivity index (χ1n) is 9.19. The summed E-state index contributed by atoms with van der Waals surface area (Å²) < 4.78 is 1.84. The third-order valence-corrected chi connectivity index (χ3v) is 5.52. The van der Waals surface area contributed by atoms with Crippen molar-refractivity contribution < 1.29 is 0 Å². The van der Waals surface area contributed by atoms with E-state index in [1.807, 2.05) is 16.6 Å². The lowest BCUT2D eigenvalue weighted by atomic mass is 10.0. The van der Waals surface area contributed by atoms with Crippen LogP contribution in [0, 0.1) is 23.2 Å². The molecule has 2 saturated heterocycles. The van der Waals surface area contributed by atoms with E-state index in [-0.39, 0.29) is 0 Å². The fraction of sp³-hybridized carbons (Fsp3) is 0.444. The van der Waals surface area contributed by atoms with Crippen LogP contribution in [-0.4, -0.2) is 56.0 Å². The fourth-order valence-electron chi connectivity index (χ4n) is 4.21. The molecule has 3 aromatic rings. The summed E-state index contributed by atoms with van der Waals surface area (Å²) >= 11 is 0. The smallest absolute Gasteiger partial charge is 0.183 e. The summed E-state index contributed by atoms with van der Waals surface area (Å²) in [5, 5.41) is 22.4. The number of nitrogens with zero attached hydrogens (tertiary/aromatic N) is 9. The molecular formula is C18H19N9. The Kier molecular flexibility index (Phi) is 3.63. The zero-order valence-electron chi connectivity index (χ0n) is 15.0. The molecule has 3 aromatic heterocycles. The highest BCUT2D eigenvalue weighted by atomic mass is 15.4. The molecular weight excluding hydrogens is 342 g/mol. The number of aromatic nitrogens is 6. The Morgan fingerprint density at radius 3 is 2.52 bits per heavy atom. The summed E-state index contributed by atoms with van der Waals surface area (Å²) in [6.45, 7) is 5.74. The summed E-state index contributed by atoms with van der Waals surface area (Å²) in [5.41, 5.74) is 1.19. The van der Waals surface area contributed by atoms with Crippen molar-refractivity contribution in [3.05, 3.63) is 36.0 Å². The van der Waals surface area contributed by atoms with Gasteiger partial charge in [-0.1, -0.05) is 6.92 Å². The molecule has 9 heteroatoms. The maximum absolute atomic E-state index is 9.28. The number of rotatable bonds is 3. The van der Waals surface area contributed by atoms with E-state index in [2.05, 4.69) is 43.0 Å². The lowest BCUT2D eigenvalue weighted by molar-refractivity contribution is 0.533. The molecule has 5 heterocycles. The van der Waals surface area contributed by atoms with Gasteiger partial charge in [-0.2, -0.15) is 9.78 Å². The van der Waals surface area contributed by atoms with Crippen molar-refractivity contribution in [2.24, 2.45) is 11.8 Å².